The molecule has 0 aromatic heterocycles. The van der Waals surface area contributed by atoms with Crippen molar-refractivity contribution in [2.45, 2.75) is 11.8 Å². The summed E-state index contributed by atoms with van der Waals surface area (Å²) < 4.78 is 1.56. The van der Waals surface area contributed by atoms with E-state index in [1.807, 2.05) is 6.92 Å². The molecule has 0 heterocycles. The van der Waals surface area contributed by atoms with E-state index in [4.69, 9.17) is 24.4 Å². The van der Waals surface area contributed by atoms with Crippen LogP contribution in [0.4, 0.5) is 0 Å². The van der Waals surface area contributed by atoms with Crippen LogP contribution in [0.25, 0.3) is 0 Å². The standard InChI is InChI=1S/C5H4S3/c1-2-3(6)5(8)4(2)7/h6H,1H3. The largest absolute Gasteiger partial charge is 0.142 e. The van der Waals surface area contributed by atoms with Crippen molar-refractivity contribution in [3.63, 3.8) is 0 Å². The summed E-state index contributed by atoms with van der Waals surface area (Å²) >= 11 is 13.8. The molecular formula is C5H4S3. The third-order valence-corrected chi connectivity index (χ3v) is 2.88. The van der Waals surface area contributed by atoms with Crippen molar-refractivity contribution in [1.82, 2.24) is 0 Å². The summed E-state index contributed by atoms with van der Waals surface area (Å²) in [7, 11) is 0. The van der Waals surface area contributed by atoms with Gasteiger partial charge in [0.15, 0.2) is 0 Å². The van der Waals surface area contributed by atoms with Crippen molar-refractivity contribution in [2.24, 2.45) is 0 Å². The molecule has 3 heteroatoms. The summed E-state index contributed by atoms with van der Waals surface area (Å²) in [5.74, 6) is 0. The van der Waals surface area contributed by atoms with Crippen molar-refractivity contribution < 1.29 is 0 Å². The molecule has 0 saturated carbocycles. The molecule has 0 aliphatic heterocycles. The minimum atomic E-state index is 0.751. The number of hydrogen-bond acceptors (Lipinski definition) is 3. The highest BCUT2D eigenvalue weighted by molar-refractivity contribution is 7.81. The van der Waals surface area contributed by atoms with Crippen molar-refractivity contribution >= 4 is 37.1 Å². The van der Waals surface area contributed by atoms with Gasteiger partial charge in [-0.15, -0.1) is 12.6 Å². The second-order valence-corrected chi connectivity index (χ2v) is 2.90. The first-order valence-corrected chi connectivity index (χ1v) is 3.40. The Labute approximate surface area is 63.6 Å². The molecule has 0 saturated heterocycles. The van der Waals surface area contributed by atoms with Crippen LogP contribution in [0.2, 0.25) is 0 Å². The molecule has 0 nitrogen and oxygen atoms in total. The summed E-state index contributed by atoms with van der Waals surface area (Å²) in [5.41, 5.74) is 1.06. The summed E-state index contributed by atoms with van der Waals surface area (Å²) in [4.78, 5) is 0.894. The van der Waals surface area contributed by atoms with Crippen LogP contribution in [0.15, 0.2) is 4.90 Å². The molecule has 1 aromatic carbocycles. The Morgan fingerprint density at radius 3 is 1.88 bits per heavy atom. The van der Waals surface area contributed by atoms with Gasteiger partial charge in [0.2, 0.25) is 0 Å². The molecule has 0 amide bonds. The van der Waals surface area contributed by atoms with Crippen LogP contribution in [0.1, 0.15) is 5.56 Å². The summed E-state index contributed by atoms with van der Waals surface area (Å²) in [6, 6.07) is 0. The predicted octanol–water partition coefficient (Wildman–Crippen LogP) is 2.62. The first kappa shape index (κ1) is 6.39. The Morgan fingerprint density at radius 1 is 1.25 bits per heavy atom. The first-order chi connectivity index (χ1) is 3.64. The molecule has 1 aromatic rings. The van der Waals surface area contributed by atoms with E-state index in [2.05, 4.69) is 12.6 Å². The van der Waals surface area contributed by atoms with Gasteiger partial charge in [-0.05, 0) is 12.5 Å². The van der Waals surface area contributed by atoms with Crippen molar-refractivity contribution in [3.8, 4) is 0 Å². The van der Waals surface area contributed by atoms with E-state index in [0.29, 0.717) is 0 Å². The second kappa shape index (κ2) is 1.90. The quantitative estimate of drug-likeness (QED) is 0.457. The average molecular weight is 160 g/mol. The van der Waals surface area contributed by atoms with E-state index < -0.39 is 0 Å². The number of thiol groups is 1. The van der Waals surface area contributed by atoms with E-state index in [1.54, 1.807) is 0 Å². The van der Waals surface area contributed by atoms with Crippen LogP contribution in [0, 0.1) is 15.9 Å². The van der Waals surface area contributed by atoms with Crippen molar-refractivity contribution in [3.05, 3.63) is 14.6 Å². The number of rotatable bonds is 0. The van der Waals surface area contributed by atoms with Crippen molar-refractivity contribution in [2.75, 3.05) is 0 Å². The zero-order chi connectivity index (χ0) is 6.31. The zero-order valence-corrected chi connectivity index (χ0v) is 6.79. The van der Waals surface area contributed by atoms with Gasteiger partial charge in [0.05, 0.1) is 9.02 Å². The van der Waals surface area contributed by atoms with Gasteiger partial charge in [0, 0.05) is 4.90 Å². The molecule has 0 atom stereocenters. The minimum absolute atomic E-state index is 0.751. The lowest BCUT2D eigenvalue weighted by molar-refractivity contribution is 1.21. The summed E-state index contributed by atoms with van der Waals surface area (Å²) in [6.45, 7) is 1.93. The molecule has 0 unspecified atom stereocenters. The Bertz CT molecular complexity index is 248. The lowest BCUT2D eigenvalue weighted by Crippen LogP contribution is -1.85. The third-order valence-electron chi connectivity index (χ3n) is 1.12. The lowest BCUT2D eigenvalue weighted by atomic mass is 10.2. The summed E-state index contributed by atoms with van der Waals surface area (Å²) in [6.07, 6.45) is 0. The zero-order valence-electron chi connectivity index (χ0n) is 4.26. The van der Waals surface area contributed by atoms with Crippen LogP contribution in [0.3, 0.4) is 0 Å². The SMILES string of the molecule is Cc1c(S)c(=S)c1=S. The predicted molar refractivity (Wildman–Crippen MR) is 42.5 cm³/mol. The van der Waals surface area contributed by atoms with Crippen LogP contribution in [-0.2, 0) is 0 Å². The molecule has 0 aliphatic carbocycles. The van der Waals surface area contributed by atoms with Crippen LogP contribution >= 0.6 is 37.1 Å². The maximum absolute atomic E-state index is 4.86. The molecule has 0 aliphatic rings. The van der Waals surface area contributed by atoms with E-state index in [1.165, 1.54) is 0 Å². The van der Waals surface area contributed by atoms with Gasteiger partial charge in [-0.2, -0.15) is 0 Å². The van der Waals surface area contributed by atoms with Crippen molar-refractivity contribution in [1.29, 1.82) is 0 Å². The highest BCUT2D eigenvalue weighted by Crippen LogP contribution is 2.21. The maximum atomic E-state index is 4.86. The average Bonchev–Trinajstić information content (AvgIpc) is 1.83. The molecular weight excluding hydrogens is 156 g/mol. The molecule has 0 bridgehead atoms. The molecule has 0 N–H and O–H groups in total. The van der Waals surface area contributed by atoms with Gasteiger partial charge in [-0.1, -0.05) is 24.4 Å². The first-order valence-electron chi connectivity index (χ1n) is 2.13. The molecule has 1 rings (SSSR count). The highest BCUT2D eigenvalue weighted by Gasteiger charge is 2.03. The van der Waals surface area contributed by atoms with Gasteiger partial charge in [-0.25, -0.2) is 0 Å². The fraction of sp³-hybridized carbons (Fsp3) is 0.200. The van der Waals surface area contributed by atoms with Crippen LogP contribution < -0.4 is 0 Å². The fourth-order valence-electron chi connectivity index (χ4n) is 0.493. The molecule has 0 fully saturated rings. The maximum Gasteiger partial charge on any atom is 0.0697 e. The Hall–Kier alpha value is 0.270. The molecule has 42 valence electrons. The smallest absolute Gasteiger partial charge is 0.0697 e. The molecule has 0 spiro atoms. The van der Waals surface area contributed by atoms with Gasteiger partial charge >= 0.3 is 0 Å². The minimum Gasteiger partial charge on any atom is -0.142 e. The third kappa shape index (κ3) is 0.658. The van der Waals surface area contributed by atoms with Gasteiger partial charge < -0.3 is 0 Å². The molecule has 0 radical (unpaired) electrons. The van der Waals surface area contributed by atoms with E-state index in [9.17, 15) is 0 Å². The van der Waals surface area contributed by atoms with E-state index in [-0.39, 0.29) is 0 Å². The Balaban J connectivity index is 3.48. The topological polar surface area (TPSA) is 0 Å². The molecule has 8 heavy (non-hydrogen) atoms. The van der Waals surface area contributed by atoms with E-state index in [0.717, 1.165) is 19.5 Å². The number of hydrogen-bond donors (Lipinski definition) is 1. The van der Waals surface area contributed by atoms with Crippen LogP contribution in [0.5, 0.6) is 0 Å². The highest BCUT2D eigenvalue weighted by atomic mass is 32.1. The second-order valence-electron chi connectivity index (χ2n) is 1.63. The van der Waals surface area contributed by atoms with Gasteiger partial charge in [0.25, 0.3) is 0 Å². The monoisotopic (exact) mass is 160 g/mol. The van der Waals surface area contributed by atoms with Gasteiger partial charge in [-0.3, -0.25) is 0 Å². The van der Waals surface area contributed by atoms with E-state index >= 15 is 0 Å². The fourth-order valence-corrected chi connectivity index (χ4v) is 1.38. The lowest BCUT2D eigenvalue weighted by Gasteiger charge is -2.00. The van der Waals surface area contributed by atoms with Crippen LogP contribution in [-0.4, -0.2) is 0 Å². The Morgan fingerprint density at radius 2 is 1.75 bits per heavy atom. The normalized spacial score (nSPS) is 10.2. The Kier molecular flexibility index (Phi) is 1.52. The summed E-state index contributed by atoms with van der Waals surface area (Å²) in [5, 5.41) is 0. The van der Waals surface area contributed by atoms with Gasteiger partial charge in [0.1, 0.15) is 0 Å².